The highest BCUT2D eigenvalue weighted by Gasteiger charge is 2.12. The lowest BCUT2D eigenvalue weighted by Gasteiger charge is -2.12. The molecule has 0 saturated heterocycles. The third-order valence-electron chi connectivity index (χ3n) is 5.26. The molecule has 0 fully saturated rings. The summed E-state index contributed by atoms with van der Waals surface area (Å²) in [7, 11) is 1.66. The molecule has 0 bridgehead atoms. The number of ether oxygens (including phenoxy) is 2. The van der Waals surface area contributed by atoms with Crippen molar-refractivity contribution in [1.29, 1.82) is 0 Å². The average molecular weight is 432 g/mol. The lowest BCUT2D eigenvalue weighted by atomic mass is 9.97. The number of methoxy groups -OCH3 is 1. The Bertz CT molecular complexity index is 823. The maximum absolute atomic E-state index is 12.3. The summed E-state index contributed by atoms with van der Waals surface area (Å²) in [5.41, 5.74) is 2.00. The number of carbonyl (C=O) groups is 1. The normalized spacial score (nSPS) is 10.9. The predicted octanol–water partition coefficient (Wildman–Crippen LogP) is 5.40. The van der Waals surface area contributed by atoms with Crippen molar-refractivity contribution >= 4 is 16.7 Å². The Balaban J connectivity index is 1.59. The maximum Gasteiger partial charge on any atom is 0.310 e. The van der Waals surface area contributed by atoms with Gasteiger partial charge in [0, 0.05) is 7.11 Å². The first kappa shape index (κ1) is 24.6. The topological polar surface area (TPSA) is 87.9 Å². The minimum atomic E-state index is -0.743. The van der Waals surface area contributed by atoms with Gasteiger partial charge >= 0.3 is 5.97 Å². The molecule has 2 aromatic rings. The number of unbranched alkanes of at least 4 members (excludes halogenated alkanes) is 7. The van der Waals surface area contributed by atoms with Gasteiger partial charge < -0.3 is 14.3 Å². The van der Waals surface area contributed by atoms with E-state index in [1.165, 1.54) is 0 Å². The van der Waals surface area contributed by atoms with Crippen molar-refractivity contribution in [1.82, 2.24) is 0 Å². The van der Waals surface area contributed by atoms with Crippen LogP contribution in [0.4, 0.5) is 0 Å². The largest absolute Gasteiger partial charge is 0.465 e. The number of fused-ring (bicyclic) bond motifs is 1. The fourth-order valence-electron chi connectivity index (χ4n) is 3.66. The number of esters is 1. The SMILES string of the molecule is COCc1c(CC(=O)OCCCCCCCCCCO[N+](=O)[O-])ccc2ccccc12. The summed E-state index contributed by atoms with van der Waals surface area (Å²) in [6, 6.07) is 12.1. The van der Waals surface area contributed by atoms with Crippen molar-refractivity contribution in [2.75, 3.05) is 20.3 Å². The minimum Gasteiger partial charge on any atom is -0.465 e. The van der Waals surface area contributed by atoms with E-state index >= 15 is 0 Å². The minimum absolute atomic E-state index is 0.185. The van der Waals surface area contributed by atoms with Crippen LogP contribution < -0.4 is 0 Å². The second kappa shape index (κ2) is 14.4. The standard InChI is InChI=1S/C24H33NO6/c1-29-19-23-21(15-14-20-12-8-9-13-22(20)23)18-24(26)30-16-10-6-4-2-3-5-7-11-17-31-25(27)28/h8-9,12-15H,2-7,10-11,16-19H2,1H3. The number of benzene rings is 2. The van der Waals surface area contributed by atoms with Gasteiger partial charge in [0.05, 0.1) is 26.2 Å². The summed E-state index contributed by atoms with van der Waals surface area (Å²) < 4.78 is 10.8. The molecule has 170 valence electrons. The smallest absolute Gasteiger partial charge is 0.310 e. The van der Waals surface area contributed by atoms with E-state index in [9.17, 15) is 14.9 Å². The van der Waals surface area contributed by atoms with Crippen LogP contribution in [-0.4, -0.2) is 31.4 Å². The van der Waals surface area contributed by atoms with Crippen molar-refractivity contribution < 1.29 is 24.2 Å². The number of carbonyl (C=O) groups excluding carboxylic acids is 1. The molecule has 0 N–H and O–H groups in total. The van der Waals surface area contributed by atoms with E-state index in [4.69, 9.17) is 9.47 Å². The summed E-state index contributed by atoms with van der Waals surface area (Å²) in [4.78, 5) is 26.6. The quantitative estimate of drug-likeness (QED) is 0.153. The van der Waals surface area contributed by atoms with Crippen molar-refractivity contribution in [2.45, 2.75) is 64.4 Å². The van der Waals surface area contributed by atoms with E-state index in [0.29, 0.717) is 13.2 Å². The number of rotatable bonds is 16. The molecule has 0 aliphatic carbocycles. The van der Waals surface area contributed by atoms with Crippen molar-refractivity contribution in [3.63, 3.8) is 0 Å². The fourth-order valence-corrected chi connectivity index (χ4v) is 3.66. The number of hydrogen-bond acceptors (Lipinski definition) is 6. The molecule has 0 aliphatic rings. The Morgan fingerprint density at radius 3 is 2.23 bits per heavy atom. The molecule has 0 heterocycles. The van der Waals surface area contributed by atoms with Gasteiger partial charge in [-0.2, -0.15) is 0 Å². The molecule has 0 aliphatic heterocycles. The summed E-state index contributed by atoms with van der Waals surface area (Å²) in [5, 5.41) is 11.5. The molecule has 7 nitrogen and oxygen atoms in total. The third-order valence-corrected chi connectivity index (χ3v) is 5.26. The maximum atomic E-state index is 12.3. The van der Waals surface area contributed by atoms with Crippen LogP contribution in [-0.2, 0) is 32.1 Å². The van der Waals surface area contributed by atoms with Gasteiger partial charge in [0.2, 0.25) is 0 Å². The molecular weight excluding hydrogens is 398 g/mol. The molecule has 0 aromatic heterocycles. The Morgan fingerprint density at radius 2 is 1.55 bits per heavy atom. The van der Waals surface area contributed by atoms with E-state index in [-0.39, 0.29) is 19.0 Å². The van der Waals surface area contributed by atoms with E-state index in [0.717, 1.165) is 73.3 Å². The van der Waals surface area contributed by atoms with Crippen molar-refractivity contribution in [3.05, 3.63) is 57.6 Å². The zero-order valence-electron chi connectivity index (χ0n) is 18.3. The van der Waals surface area contributed by atoms with Crippen LogP contribution in [0.5, 0.6) is 0 Å². The van der Waals surface area contributed by atoms with Crippen LogP contribution in [0, 0.1) is 10.1 Å². The van der Waals surface area contributed by atoms with Gasteiger partial charge in [0.15, 0.2) is 0 Å². The van der Waals surface area contributed by atoms with E-state index in [1.807, 2.05) is 24.3 Å². The molecule has 0 atom stereocenters. The van der Waals surface area contributed by atoms with Gasteiger partial charge in [0.25, 0.3) is 5.09 Å². The number of hydrogen-bond donors (Lipinski definition) is 0. The van der Waals surface area contributed by atoms with E-state index in [1.54, 1.807) is 7.11 Å². The number of nitrogens with zero attached hydrogens (tertiary/aromatic N) is 1. The highest BCUT2D eigenvalue weighted by molar-refractivity contribution is 5.88. The fraction of sp³-hybridized carbons (Fsp3) is 0.542. The molecule has 7 heteroatoms. The monoisotopic (exact) mass is 431 g/mol. The van der Waals surface area contributed by atoms with Gasteiger partial charge in [-0.1, -0.05) is 74.9 Å². The molecule has 0 amide bonds. The van der Waals surface area contributed by atoms with Gasteiger partial charge in [-0.05, 0) is 34.7 Å². The molecule has 31 heavy (non-hydrogen) atoms. The van der Waals surface area contributed by atoms with E-state index < -0.39 is 5.09 Å². The Hall–Kier alpha value is -2.67. The van der Waals surface area contributed by atoms with Gasteiger partial charge in [-0.3, -0.25) is 4.79 Å². The molecule has 0 spiro atoms. The average Bonchev–Trinajstić information content (AvgIpc) is 2.76. The first-order chi connectivity index (χ1) is 15.1. The molecule has 2 aromatic carbocycles. The Labute approximate surface area is 183 Å². The second-order valence-electron chi connectivity index (χ2n) is 7.64. The highest BCUT2D eigenvalue weighted by atomic mass is 16.9. The lowest BCUT2D eigenvalue weighted by molar-refractivity contribution is -0.757. The molecule has 0 unspecified atom stereocenters. The van der Waals surface area contributed by atoms with Crippen molar-refractivity contribution in [2.24, 2.45) is 0 Å². The molecule has 2 rings (SSSR count). The molecule has 0 saturated carbocycles. The molecular formula is C24H33NO6. The summed E-state index contributed by atoms with van der Waals surface area (Å²) in [5.74, 6) is -0.204. The predicted molar refractivity (Wildman–Crippen MR) is 119 cm³/mol. The van der Waals surface area contributed by atoms with Gasteiger partial charge in [-0.25, -0.2) is 0 Å². The summed E-state index contributed by atoms with van der Waals surface area (Å²) in [6.07, 6.45) is 8.23. The van der Waals surface area contributed by atoms with Crippen molar-refractivity contribution in [3.8, 4) is 0 Å². The Kier molecular flexibility index (Phi) is 11.4. The first-order valence-electron chi connectivity index (χ1n) is 11.0. The summed E-state index contributed by atoms with van der Waals surface area (Å²) in [6.45, 7) is 1.10. The van der Waals surface area contributed by atoms with Crippen LogP contribution in [0.3, 0.4) is 0 Å². The third kappa shape index (κ3) is 9.34. The van der Waals surface area contributed by atoms with Gasteiger partial charge in [0.1, 0.15) is 0 Å². The van der Waals surface area contributed by atoms with Crippen LogP contribution in [0.25, 0.3) is 10.8 Å². The van der Waals surface area contributed by atoms with Crippen LogP contribution in [0.2, 0.25) is 0 Å². The Morgan fingerprint density at radius 1 is 0.903 bits per heavy atom. The van der Waals surface area contributed by atoms with Gasteiger partial charge in [-0.15, -0.1) is 10.1 Å². The highest BCUT2D eigenvalue weighted by Crippen LogP contribution is 2.24. The van der Waals surface area contributed by atoms with Crippen LogP contribution in [0.1, 0.15) is 62.5 Å². The zero-order chi connectivity index (χ0) is 22.3. The lowest BCUT2D eigenvalue weighted by Crippen LogP contribution is -2.11. The second-order valence-corrected chi connectivity index (χ2v) is 7.64. The first-order valence-corrected chi connectivity index (χ1v) is 11.0. The zero-order valence-corrected chi connectivity index (χ0v) is 18.3. The van der Waals surface area contributed by atoms with Crippen LogP contribution in [0.15, 0.2) is 36.4 Å². The van der Waals surface area contributed by atoms with Crippen LogP contribution >= 0.6 is 0 Å². The van der Waals surface area contributed by atoms with E-state index in [2.05, 4.69) is 17.0 Å². The molecule has 0 radical (unpaired) electrons. The summed E-state index contributed by atoms with van der Waals surface area (Å²) >= 11 is 0.